The molecule has 0 aliphatic carbocycles. The van der Waals surface area contributed by atoms with Crippen molar-refractivity contribution in [2.45, 2.75) is 38.0 Å². The summed E-state index contributed by atoms with van der Waals surface area (Å²) in [5, 5.41) is 0. The molecule has 0 heterocycles. The van der Waals surface area contributed by atoms with Crippen LogP contribution in [0.1, 0.15) is 32.3 Å². The van der Waals surface area contributed by atoms with Gasteiger partial charge in [0.1, 0.15) is 0 Å². The van der Waals surface area contributed by atoms with Crippen molar-refractivity contribution in [3.63, 3.8) is 0 Å². The molecule has 0 radical (unpaired) electrons. The van der Waals surface area contributed by atoms with Crippen molar-refractivity contribution in [1.82, 2.24) is 4.72 Å². The second-order valence-corrected chi connectivity index (χ2v) is 7.14. The largest absolute Gasteiger partial charge is 0.466 e. The SMILES string of the molecule is CNS(=O)(=O)c1ccc(CCC(=O)OCCC(C)C)cc1. The molecule has 0 bridgehead atoms. The Morgan fingerprint density at radius 2 is 1.86 bits per heavy atom. The minimum absolute atomic E-state index is 0.216. The van der Waals surface area contributed by atoms with Crippen LogP contribution in [-0.2, 0) is 26.0 Å². The molecule has 0 aromatic heterocycles. The fourth-order valence-corrected chi connectivity index (χ4v) is 2.41. The highest BCUT2D eigenvalue weighted by Gasteiger charge is 2.11. The van der Waals surface area contributed by atoms with Crippen molar-refractivity contribution >= 4 is 16.0 Å². The summed E-state index contributed by atoms with van der Waals surface area (Å²) in [7, 11) is -2.04. The van der Waals surface area contributed by atoms with Crippen LogP contribution in [0.3, 0.4) is 0 Å². The molecular weight excluding hydrogens is 290 g/mol. The average molecular weight is 313 g/mol. The molecule has 0 atom stereocenters. The van der Waals surface area contributed by atoms with Crippen LogP contribution in [0, 0.1) is 5.92 Å². The number of hydrogen-bond acceptors (Lipinski definition) is 4. The van der Waals surface area contributed by atoms with E-state index in [1.165, 1.54) is 19.2 Å². The monoisotopic (exact) mass is 313 g/mol. The number of ether oxygens (including phenoxy) is 1. The Morgan fingerprint density at radius 1 is 1.24 bits per heavy atom. The van der Waals surface area contributed by atoms with Crippen LogP contribution in [0.25, 0.3) is 0 Å². The third-order valence-corrected chi connectivity index (χ3v) is 4.51. The highest BCUT2D eigenvalue weighted by Crippen LogP contribution is 2.12. The standard InChI is InChI=1S/C15H23NO4S/c1-12(2)10-11-20-15(17)9-6-13-4-7-14(8-5-13)21(18,19)16-3/h4-5,7-8,12,16H,6,9-11H2,1-3H3. The van der Waals surface area contributed by atoms with Crippen molar-refractivity contribution in [1.29, 1.82) is 0 Å². The summed E-state index contributed by atoms with van der Waals surface area (Å²) < 4.78 is 30.5. The van der Waals surface area contributed by atoms with Gasteiger partial charge in [0.15, 0.2) is 0 Å². The van der Waals surface area contributed by atoms with Crippen molar-refractivity contribution < 1.29 is 17.9 Å². The van der Waals surface area contributed by atoms with E-state index in [4.69, 9.17) is 4.74 Å². The maximum atomic E-state index is 11.6. The van der Waals surface area contributed by atoms with Gasteiger partial charge in [-0.15, -0.1) is 0 Å². The van der Waals surface area contributed by atoms with Gasteiger partial charge in [0.2, 0.25) is 10.0 Å². The lowest BCUT2D eigenvalue weighted by molar-refractivity contribution is -0.143. The van der Waals surface area contributed by atoms with Crippen molar-refractivity contribution in [2.24, 2.45) is 5.92 Å². The number of sulfonamides is 1. The summed E-state index contributed by atoms with van der Waals surface area (Å²) >= 11 is 0. The number of rotatable bonds is 8. The van der Waals surface area contributed by atoms with Crippen LogP contribution in [0.4, 0.5) is 0 Å². The number of carbonyl (C=O) groups is 1. The zero-order valence-corrected chi connectivity index (χ0v) is 13.6. The Labute approximate surface area is 126 Å². The summed E-state index contributed by atoms with van der Waals surface area (Å²) in [6, 6.07) is 6.49. The Hall–Kier alpha value is -1.40. The van der Waals surface area contributed by atoms with E-state index in [2.05, 4.69) is 18.6 Å². The highest BCUT2D eigenvalue weighted by molar-refractivity contribution is 7.89. The molecule has 1 rings (SSSR count). The molecule has 0 fully saturated rings. The molecule has 5 nitrogen and oxygen atoms in total. The number of aryl methyl sites for hydroxylation is 1. The Balaban J connectivity index is 2.44. The van der Waals surface area contributed by atoms with Crippen LogP contribution in [-0.4, -0.2) is 28.0 Å². The number of esters is 1. The summed E-state index contributed by atoms with van der Waals surface area (Å²) in [5.41, 5.74) is 0.908. The fraction of sp³-hybridized carbons (Fsp3) is 0.533. The lowest BCUT2D eigenvalue weighted by atomic mass is 10.1. The molecule has 0 aliphatic rings. The van der Waals surface area contributed by atoms with Gasteiger partial charge in [-0.25, -0.2) is 13.1 Å². The van der Waals surface area contributed by atoms with Crippen LogP contribution < -0.4 is 4.72 Å². The molecule has 118 valence electrons. The van der Waals surface area contributed by atoms with Crippen LogP contribution in [0.5, 0.6) is 0 Å². The highest BCUT2D eigenvalue weighted by atomic mass is 32.2. The second kappa shape index (κ2) is 8.14. The second-order valence-electron chi connectivity index (χ2n) is 5.25. The van der Waals surface area contributed by atoms with Gasteiger partial charge in [-0.05, 0) is 43.5 Å². The normalized spacial score (nSPS) is 11.6. The van der Waals surface area contributed by atoms with Gasteiger partial charge in [0.25, 0.3) is 0 Å². The van der Waals surface area contributed by atoms with Crippen LogP contribution in [0.2, 0.25) is 0 Å². The zero-order valence-electron chi connectivity index (χ0n) is 12.8. The molecule has 0 saturated heterocycles. The molecule has 0 saturated carbocycles. The summed E-state index contributed by atoms with van der Waals surface area (Å²) in [5.74, 6) is 0.294. The first-order chi connectivity index (χ1) is 9.85. The molecule has 1 aromatic carbocycles. The lowest BCUT2D eigenvalue weighted by Crippen LogP contribution is -2.18. The van der Waals surface area contributed by atoms with Gasteiger partial charge >= 0.3 is 5.97 Å². The zero-order chi connectivity index (χ0) is 15.9. The van der Waals surface area contributed by atoms with E-state index in [0.717, 1.165) is 12.0 Å². The lowest BCUT2D eigenvalue weighted by Gasteiger charge is -2.07. The van der Waals surface area contributed by atoms with E-state index in [1.54, 1.807) is 12.1 Å². The topological polar surface area (TPSA) is 72.5 Å². The predicted octanol–water partition coefficient (Wildman–Crippen LogP) is 2.12. The molecule has 1 aromatic rings. The van der Waals surface area contributed by atoms with Crippen molar-refractivity contribution in [3.8, 4) is 0 Å². The number of carbonyl (C=O) groups excluding carboxylic acids is 1. The minimum Gasteiger partial charge on any atom is -0.466 e. The summed E-state index contributed by atoms with van der Waals surface area (Å²) in [6.45, 7) is 4.61. The van der Waals surface area contributed by atoms with Gasteiger partial charge < -0.3 is 4.74 Å². The molecule has 6 heteroatoms. The van der Waals surface area contributed by atoms with E-state index >= 15 is 0 Å². The van der Waals surface area contributed by atoms with E-state index < -0.39 is 10.0 Å². The first-order valence-electron chi connectivity index (χ1n) is 7.03. The third-order valence-electron chi connectivity index (χ3n) is 3.08. The fourth-order valence-electron chi connectivity index (χ4n) is 1.68. The van der Waals surface area contributed by atoms with Gasteiger partial charge in [-0.3, -0.25) is 4.79 Å². The van der Waals surface area contributed by atoms with Crippen LogP contribution >= 0.6 is 0 Å². The molecule has 0 unspecified atom stereocenters. The van der Waals surface area contributed by atoms with Gasteiger partial charge in [0, 0.05) is 6.42 Å². The number of nitrogens with one attached hydrogen (secondary N) is 1. The van der Waals surface area contributed by atoms with E-state index in [0.29, 0.717) is 25.4 Å². The Kier molecular flexibility index (Phi) is 6.84. The molecular formula is C15H23NO4S. The van der Waals surface area contributed by atoms with E-state index in [1.807, 2.05) is 0 Å². The van der Waals surface area contributed by atoms with Gasteiger partial charge in [0.05, 0.1) is 11.5 Å². The smallest absolute Gasteiger partial charge is 0.306 e. The molecule has 0 spiro atoms. The van der Waals surface area contributed by atoms with Crippen molar-refractivity contribution in [3.05, 3.63) is 29.8 Å². The first-order valence-corrected chi connectivity index (χ1v) is 8.51. The van der Waals surface area contributed by atoms with Crippen molar-refractivity contribution in [2.75, 3.05) is 13.7 Å². The minimum atomic E-state index is -3.41. The van der Waals surface area contributed by atoms with Gasteiger partial charge in [-0.1, -0.05) is 26.0 Å². The first kappa shape index (κ1) is 17.7. The summed E-state index contributed by atoms with van der Waals surface area (Å²) in [4.78, 5) is 11.8. The van der Waals surface area contributed by atoms with Gasteiger partial charge in [-0.2, -0.15) is 0 Å². The number of hydrogen-bond donors (Lipinski definition) is 1. The van der Waals surface area contributed by atoms with E-state index in [-0.39, 0.29) is 10.9 Å². The maximum Gasteiger partial charge on any atom is 0.306 e. The summed E-state index contributed by atoms with van der Waals surface area (Å²) in [6.07, 6.45) is 1.71. The van der Waals surface area contributed by atoms with Crippen LogP contribution in [0.15, 0.2) is 29.2 Å². The third kappa shape index (κ3) is 6.27. The molecule has 21 heavy (non-hydrogen) atoms. The molecule has 0 amide bonds. The van der Waals surface area contributed by atoms with E-state index in [9.17, 15) is 13.2 Å². The molecule has 1 N–H and O–H groups in total. The average Bonchev–Trinajstić information content (AvgIpc) is 2.45. The predicted molar refractivity (Wildman–Crippen MR) is 81.4 cm³/mol. The number of benzene rings is 1. The molecule has 0 aliphatic heterocycles. The Bertz CT molecular complexity index is 550. The maximum absolute atomic E-state index is 11.6. The Morgan fingerprint density at radius 3 is 2.38 bits per heavy atom. The quantitative estimate of drug-likeness (QED) is 0.746.